The van der Waals surface area contributed by atoms with E-state index in [4.69, 9.17) is 9.47 Å². The quantitative estimate of drug-likeness (QED) is 0.451. The van der Waals surface area contributed by atoms with E-state index < -0.39 is 0 Å². The summed E-state index contributed by atoms with van der Waals surface area (Å²) in [5.41, 5.74) is 0.931. The van der Waals surface area contributed by atoms with Crippen molar-refractivity contribution in [2.45, 2.75) is 6.92 Å². The van der Waals surface area contributed by atoms with Crippen LogP contribution in [0.3, 0.4) is 0 Å². The monoisotopic (exact) mass is 362 g/mol. The zero-order chi connectivity index (χ0) is 15.8. The van der Waals surface area contributed by atoms with E-state index in [1.165, 1.54) is 0 Å². The first kappa shape index (κ1) is 16.3. The molecule has 2 rings (SSSR count). The number of methoxy groups -OCH3 is 1. The van der Waals surface area contributed by atoms with Gasteiger partial charge in [0.15, 0.2) is 0 Å². The van der Waals surface area contributed by atoms with Crippen molar-refractivity contribution < 1.29 is 14.3 Å². The standard InChI is InChI=1S/C18H18O3Se/c1-3-21-18(19)17(22-16-10-5-4-6-11-16)13-14-8-7-9-15(12-14)20-2/h4-13H,3H2,1-2H3/b17-13+. The molecule has 0 aliphatic heterocycles. The second kappa shape index (κ2) is 8.42. The molecule has 4 heteroatoms. The number of carbonyl (C=O) groups excluding carboxylic acids is 1. The fourth-order valence-corrected chi connectivity index (χ4v) is 3.69. The minimum atomic E-state index is -0.255. The molecule has 0 aliphatic rings. The summed E-state index contributed by atoms with van der Waals surface area (Å²) in [5.74, 6) is 0.512. The fraction of sp³-hybridized carbons (Fsp3) is 0.167. The van der Waals surface area contributed by atoms with Crippen molar-refractivity contribution in [2.75, 3.05) is 13.7 Å². The Bertz CT molecular complexity index is 650. The third-order valence-corrected chi connectivity index (χ3v) is 4.96. The van der Waals surface area contributed by atoms with Crippen LogP contribution in [0, 0.1) is 0 Å². The van der Waals surface area contributed by atoms with Crippen molar-refractivity contribution >= 4 is 31.5 Å². The molecule has 114 valence electrons. The van der Waals surface area contributed by atoms with Gasteiger partial charge in [-0.25, -0.2) is 0 Å². The summed E-state index contributed by atoms with van der Waals surface area (Å²) in [5, 5.41) is 0. The van der Waals surface area contributed by atoms with Crippen LogP contribution < -0.4 is 9.20 Å². The van der Waals surface area contributed by atoms with Crippen LogP contribution in [-0.4, -0.2) is 34.6 Å². The third kappa shape index (κ3) is 4.76. The first-order chi connectivity index (χ1) is 10.7. The van der Waals surface area contributed by atoms with E-state index in [9.17, 15) is 4.79 Å². The molecule has 0 aliphatic carbocycles. The van der Waals surface area contributed by atoms with Crippen LogP contribution in [0.15, 0.2) is 59.1 Å². The summed E-state index contributed by atoms with van der Waals surface area (Å²) in [6.45, 7) is 2.19. The Morgan fingerprint density at radius 1 is 1.14 bits per heavy atom. The Balaban J connectivity index is 2.30. The first-order valence-corrected chi connectivity index (χ1v) is 8.70. The van der Waals surface area contributed by atoms with Gasteiger partial charge in [0.2, 0.25) is 0 Å². The molecule has 0 amide bonds. The molecule has 0 aromatic heterocycles. The number of benzene rings is 2. The summed E-state index contributed by atoms with van der Waals surface area (Å²) in [4.78, 5) is 12.2. The number of ether oxygens (including phenoxy) is 2. The Hall–Kier alpha value is -2.03. The summed E-state index contributed by atoms with van der Waals surface area (Å²) >= 11 is -0.101. The van der Waals surface area contributed by atoms with Gasteiger partial charge < -0.3 is 0 Å². The summed E-state index contributed by atoms with van der Waals surface area (Å²) in [6.07, 6.45) is 1.88. The zero-order valence-corrected chi connectivity index (χ0v) is 14.3. The Morgan fingerprint density at radius 3 is 2.59 bits per heavy atom. The van der Waals surface area contributed by atoms with Gasteiger partial charge in [-0.3, -0.25) is 0 Å². The predicted molar refractivity (Wildman–Crippen MR) is 89.4 cm³/mol. The van der Waals surface area contributed by atoms with Gasteiger partial charge in [-0.1, -0.05) is 0 Å². The number of hydrogen-bond donors (Lipinski definition) is 0. The van der Waals surface area contributed by atoms with E-state index in [2.05, 4.69) is 0 Å². The van der Waals surface area contributed by atoms with E-state index in [-0.39, 0.29) is 20.9 Å². The number of esters is 1. The average Bonchev–Trinajstić information content (AvgIpc) is 2.55. The molecule has 0 saturated carbocycles. The van der Waals surface area contributed by atoms with Crippen LogP contribution in [0.25, 0.3) is 6.08 Å². The number of carbonyl (C=O) groups is 1. The molecule has 0 saturated heterocycles. The molecular weight excluding hydrogens is 343 g/mol. The average molecular weight is 361 g/mol. The molecule has 0 unspecified atom stereocenters. The van der Waals surface area contributed by atoms with E-state index >= 15 is 0 Å². The van der Waals surface area contributed by atoms with Crippen molar-refractivity contribution in [1.82, 2.24) is 0 Å². The third-order valence-electron chi connectivity index (χ3n) is 2.84. The molecule has 2 aromatic carbocycles. The summed E-state index contributed by atoms with van der Waals surface area (Å²) in [6, 6.07) is 17.6. The van der Waals surface area contributed by atoms with E-state index in [0.29, 0.717) is 11.1 Å². The minimum absolute atomic E-state index is 0.101. The van der Waals surface area contributed by atoms with Crippen molar-refractivity contribution in [2.24, 2.45) is 0 Å². The summed E-state index contributed by atoms with van der Waals surface area (Å²) in [7, 11) is 1.63. The van der Waals surface area contributed by atoms with Crippen LogP contribution in [0.1, 0.15) is 12.5 Å². The van der Waals surface area contributed by atoms with Crippen molar-refractivity contribution in [3.8, 4) is 5.75 Å². The second-order valence-electron chi connectivity index (χ2n) is 4.42. The normalized spacial score (nSPS) is 11.1. The van der Waals surface area contributed by atoms with E-state index in [1.807, 2.05) is 67.6 Å². The van der Waals surface area contributed by atoms with Crippen LogP contribution >= 0.6 is 0 Å². The van der Waals surface area contributed by atoms with Gasteiger partial charge in [-0.2, -0.15) is 0 Å². The second-order valence-corrected chi connectivity index (χ2v) is 6.76. The van der Waals surface area contributed by atoms with E-state index in [1.54, 1.807) is 7.11 Å². The van der Waals surface area contributed by atoms with E-state index in [0.717, 1.165) is 15.8 Å². The van der Waals surface area contributed by atoms with Crippen molar-refractivity contribution in [3.05, 3.63) is 64.6 Å². The van der Waals surface area contributed by atoms with Crippen molar-refractivity contribution in [3.63, 3.8) is 0 Å². The maximum absolute atomic E-state index is 12.2. The molecule has 0 radical (unpaired) electrons. The molecular formula is C18H18O3Se. The van der Waals surface area contributed by atoms with Crippen LogP contribution in [0.5, 0.6) is 5.75 Å². The Morgan fingerprint density at radius 2 is 1.91 bits per heavy atom. The summed E-state index contributed by atoms with van der Waals surface area (Å²) < 4.78 is 12.2. The molecule has 0 spiro atoms. The zero-order valence-electron chi connectivity index (χ0n) is 12.6. The molecule has 3 nitrogen and oxygen atoms in total. The van der Waals surface area contributed by atoms with Crippen LogP contribution in [0.4, 0.5) is 0 Å². The molecule has 0 heterocycles. The first-order valence-electron chi connectivity index (χ1n) is 6.98. The SMILES string of the molecule is CCOC(=O)/C(=C\c1cccc(OC)c1)[Se]c1ccccc1. The van der Waals surface area contributed by atoms with Gasteiger partial charge >= 0.3 is 137 Å². The van der Waals surface area contributed by atoms with Gasteiger partial charge in [0.1, 0.15) is 0 Å². The molecule has 0 atom stereocenters. The van der Waals surface area contributed by atoms with Gasteiger partial charge in [-0.05, 0) is 0 Å². The fourth-order valence-electron chi connectivity index (χ4n) is 1.83. The topological polar surface area (TPSA) is 35.5 Å². The van der Waals surface area contributed by atoms with Gasteiger partial charge in [-0.15, -0.1) is 0 Å². The van der Waals surface area contributed by atoms with Crippen LogP contribution in [-0.2, 0) is 9.53 Å². The Labute approximate surface area is 137 Å². The van der Waals surface area contributed by atoms with Gasteiger partial charge in [0, 0.05) is 0 Å². The molecule has 0 bridgehead atoms. The predicted octanol–water partition coefficient (Wildman–Crippen LogP) is 2.63. The molecule has 2 aromatic rings. The van der Waals surface area contributed by atoms with Crippen LogP contribution in [0.2, 0.25) is 0 Å². The molecule has 0 N–H and O–H groups in total. The number of rotatable bonds is 6. The molecule has 22 heavy (non-hydrogen) atoms. The van der Waals surface area contributed by atoms with Gasteiger partial charge in [0.25, 0.3) is 0 Å². The Kier molecular flexibility index (Phi) is 6.26. The van der Waals surface area contributed by atoms with Crippen molar-refractivity contribution in [1.29, 1.82) is 0 Å². The number of hydrogen-bond acceptors (Lipinski definition) is 3. The maximum atomic E-state index is 12.2. The van der Waals surface area contributed by atoms with Gasteiger partial charge in [0.05, 0.1) is 0 Å². The molecule has 0 fully saturated rings.